The fourth-order valence-corrected chi connectivity index (χ4v) is 3.86. The highest BCUT2D eigenvalue weighted by Gasteiger charge is 2.17. The average molecular weight is 459 g/mol. The molecule has 1 N–H and O–H groups in total. The molecule has 4 rings (SSSR count). The Morgan fingerprint density at radius 2 is 1.94 bits per heavy atom. The molecule has 0 aliphatic heterocycles. The van der Waals surface area contributed by atoms with Crippen molar-refractivity contribution in [3.05, 3.63) is 61.8 Å². The van der Waals surface area contributed by atoms with E-state index in [4.69, 9.17) is 16.3 Å². The van der Waals surface area contributed by atoms with Gasteiger partial charge >= 0.3 is 5.69 Å². The lowest BCUT2D eigenvalue weighted by atomic mass is 10.1. The van der Waals surface area contributed by atoms with Crippen molar-refractivity contribution in [1.29, 1.82) is 0 Å². The highest BCUT2D eigenvalue weighted by Crippen LogP contribution is 2.20. The van der Waals surface area contributed by atoms with Crippen molar-refractivity contribution in [2.45, 2.75) is 45.8 Å². The van der Waals surface area contributed by atoms with Crippen molar-refractivity contribution < 1.29 is 4.74 Å². The first-order valence-corrected chi connectivity index (χ1v) is 10.7. The third-order valence-corrected chi connectivity index (χ3v) is 5.36. The number of para-hydroxylation sites is 1. The van der Waals surface area contributed by atoms with Gasteiger partial charge in [0, 0.05) is 31.6 Å². The minimum Gasteiger partial charge on any atom is -0.496 e. The number of methoxy groups -OCH3 is 1. The molecule has 0 fully saturated rings. The summed E-state index contributed by atoms with van der Waals surface area (Å²) >= 11 is 5.94. The van der Waals surface area contributed by atoms with Gasteiger partial charge in [-0.3, -0.25) is 13.9 Å². The van der Waals surface area contributed by atoms with Crippen LogP contribution in [0.4, 0.5) is 0 Å². The van der Waals surface area contributed by atoms with Crippen LogP contribution in [0.1, 0.15) is 31.2 Å². The lowest BCUT2D eigenvalue weighted by molar-refractivity contribution is 0.409. The van der Waals surface area contributed by atoms with Gasteiger partial charge in [-0.25, -0.2) is 9.48 Å². The highest BCUT2D eigenvalue weighted by molar-refractivity contribution is 6.28. The fraction of sp³-hybridized carbons (Fsp3) is 0.400. The topological polar surface area (TPSA) is 126 Å². The summed E-state index contributed by atoms with van der Waals surface area (Å²) in [5.74, 6) is 1.43. The van der Waals surface area contributed by atoms with Crippen LogP contribution in [0.2, 0.25) is 5.28 Å². The number of imidazole rings is 1. The number of H-pyrrole nitrogens is 1. The van der Waals surface area contributed by atoms with E-state index in [0.717, 1.165) is 11.3 Å². The number of aromatic amines is 1. The van der Waals surface area contributed by atoms with Crippen molar-refractivity contribution in [1.82, 2.24) is 39.3 Å². The Bertz CT molecular complexity index is 1350. The Kier molecular flexibility index (Phi) is 6.35. The Morgan fingerprint density at radius 3 is 2.72 bits per heavy atom. The van der Waals surface area contributed by atoms with E-state index in [1.54, 1.807) is 11.8 Å². The Hall–Kier alpha value is -3.47. The number of hydrogen-bond acceptors (Lipinski definition) is 7. The maximum atomic E-state index is 12.9. The second kappa shape index (κ2) is 9.35. The van der Waals surface area contributed by atoms with Crippen LogP contribution >= 0.6 is 11.6 Å². The zero-order chi connectivity index (χ0) is 22.7. The molecule has 0 aliphatic carbocycles. The van der Waals surface area contributed by atoms with Crippen molar-refractivity contribution in [2.75, 3.05) is 7.11 Å². The zero-order valence-corrected chi connectivity index (χ0v) is 18.5. The van der Waals surface area contributed by atoms with Crippen LogP contribution in [-0.2, 0) is 26.1 Å². The molecule has 3 heterocycles. The van der Waals surface area contributed by atoms with E-state index in [2.05, 4.69) is 25.5 Å². The molecule has 0 atom stereocenters. The molecule has 11 nitrogen and oxygen atoms in total. The molecule has 0 aliphatic rings. The summed E-state index contributed by atoms with van der Waals surface area (Å²) in [6.07, 6.45) is 1.70. The van der Waals surface area contributed by atoms with Crippen LogP contribution in [0.25, 0.3) is 11.2 Å². The minimum atomic E-state index is -0.442. The summed E-state index contributed by atoms with van der Waals surface area (Å²) in [4.78, 5) is 32.6. The number of halogens is 1. The van der Waals surface area contributed by atoms with Crippen LogP contribution < -0.4 is 16.0 Å². The first kappa shape index (κ1) is 21.8. The molecule has 0 bridgehead atoms. The second-order valence-electron chi connectivity index (χ2n) is 7.28. The van der Waals surface area contributed by atoms with E-state index in [9.17, 15) is 9.59 Å². The molecule has 0 radical (unpaired) electrons. The van der Waals surface area contributed by atoms with Gasteiger partial charge in [0.15, 0.2) is 17.0 Å². The Balaban J connectivity index is 1.54. The Morgan fingerprint density at radius 1 is 1.12 bits per heavy atom. The molecular weight excluding hydrogens is 436 g/mol. The standard InChI is InChI=1S/C20H23ClN8O3/c1-3-9-27-17-16(22-19(21)23-17)18(30)28(20(27)31)10-6-11-29-15(24-25-26-29)12-13-7-4-5-8-14(13)32-2/h4-5,7-8H,3,6,9-12H2,1-2H3,(H,22,23). The normalized spacial score (nSPS) is 11.3. The first-order chi connectivity index (χ1) is 15.5. The molecule has 0 amide bonds. The lowest BCUT2D eigenvalue weighted by Crippen LogP contribution is -2.40. The SMILES string of the molecule is CCCn1c(=O)n(CCCn2nnnc2Cc2ccccc2OC)c(=O)c2[nH]c(Cl)nc21. The minimum absolute atomic E-state index is 0.0776. The quantitative estimate of drug-likeness (QED) is 0.378. The van der Waals surface area contributed by atoms with Gasteiger partial charge in [0.1, 0.15) is 5.75 Å². The van der Waals surface area contributed by atoms with Crippen molar-refractivity contribution in [3.8, 4) is 5.75 Å². The van der Waals surface area contributed by atoms with Gasteiger partial charge in [-0.15, -0.1) is 5.10 Å². The van der Waals surface area contributed by atoms with Crippen molar-refractivity contribution >= 4 is 22.8 Å². The lowest BCUT2D eigenvalue weighted by Gasteiger charge is -2.11. The maximum absolute atomic E-state index is 12.9. The molecule has 3 aromatic heterocycles. The molecule has 12 heteroatoms. The van der Waals surface area contributed by atoms with Crippen molar-refractivity contribution in [3.63, 3.8) is 0 Å². The number of hydrogen-bond donors (Lipinski definition) is 1. The first-order valence-electron chi connectivity index (χ1n) is 10.3. The highest BCUT2D eigenvalue weighted by atomic mass is 35.5. The van der Waals surface area contributed by atoms with Crippen LogP contribution in [0.3, 0.4) is 0 Å². The van der Waals surface area contributed by atoms with E-state index in [1.165, 1.54) is 9.13 Å². The molecule has 0 saturated heterocycles. The molecule has 0 spiro atoms. The maximum Gasteiger partial charge on any atom is 0.332 e. The molecule has 32 heavy (non-hydrogen) atoms. The number of ether oxygens (including phenoxy) is 1. The number of nitrogens with one attached hydrogen (secondary N) is 1. The predicted molar refractivity (Wildman–Crippen MR) is 118 cm³/mol. The van der Waals surface area contributed by atoms with E-state index in [-0.39, 0.29) is 23.0 Å². The summed E-state index contributed by atoms with van der Waals surface area (Å²) in [6.45, 7) is 3.04. The molecule has 4 aromatic rings. The van der Waals surface area contributed by atoms with Gasteiger partial charge in [-0.2, -0.15) is 4.98 Å². The van der Waals surface area contributed by atoms with Gasteiger partial charge in [-0.05, 0) is 40.9 Å². The molecular formula is C20H23ClN8O3. The van der Waals surface area contributed by atoms with Crippen LogP contribution in [0.15, 0.2) is 33.9 Å². The van der Waals surface area contributed by atoms with E-state index in [1.807, 2.05) is 31.2 Å². The second-order valence-corrected chi connectivity index (χ2v) is 7.64. The zero-order valence-electron chi connectivity index (χ0n) is 17.8. The summed E-state index contributed by atoms with van der Waals surface area (Å²) in [5.41, 5.74) is 0.623. The van der Waals surface area contributed by atoms with Gasteiger partial charge < -0.3 is 9.72 Å². The predicted octanol–water partition coefficient (Wildman–Crippen LogP) is 1.63. The molecule has 0 saturated carbocycles. The smallest absolute Gasteiger partial charge is 0.332 e. The number of aromatic nitrogens is 8. The van der Waals surface area contributed by atoms with E-state index in [0.29, 0.717) is 38.2 Å². The Labute approximate surface area is 187 Å². The van der Waals surface area contributed by atoms with Crippen LogP contribution in [0.5, 0.6) is 5.75 Å². The monoisotopic (exact) mass is 458 g/mol. The van der Waals surface area contributed by atoms with E-state index < -0.39 is 11.2 Å². The number of rotatable bonds is 9. The van der Waals surface area contributed by atoms with Crippen LogP contribution in [-0.4, -0.2) is 46.4 Å². The summed E-state index contributed by atoms with van der Waals surface area (Å²) in [7, 11) is 1.62. The number of nitrogens with zero attached hydrogens (tertiary/aromatic N) is 7. The molecule has 1 aromatic carbocycles. The third-order valence-electron chi connectivity index (χ3n) is 5.18. The molecule has 0 unspecified atom stereocenters. The number of tetrazole rings is 1. The number of fused-ring (bicyclic) bond motifs is 1. The number of aryl methyl sites for hydroxylation is 2. The van der Waals surface area contributed by atoms with E-state index >= 15 is 0 Å². The largest absolute Gasteiger partial charge is 0.496 e. The average Bonchev–Trinajstić information content (AvgIpc) is 3.40. The van der Waals surface area contributed by atoms with Crippen LogP contribution in [0, 0.1) is 0 Å². The van der Waals surface area contributed by atoms with Gasteiger partial charge in [-0.1, -0.05) is 25.1 Å². The summed E-state index contributed by atoms with van der Waals surface area (Å²) in [6, 6.07) is 7.67. The molecule has 168 valence electrons. The number of benzene rings is 1. The summed E-state index contributed by atoms with van der Waals surface area (Å²) in [5, 5.41) is 12.0. The summed E-state index contributed by atoms with van der Waals surface area (Å²) < 4.78 is 9.75. The van der Waals surface area contributed by atoms with Crippen molar-refractivity contribution in [2.24, 2.45) is 0 Å². The third kappa shape index (κ3) is 4.15. The van der Waals surface area contributed by atoms with Gasteiger partial charge in [0.25, 0.3) is 5.56 Å². The van der Waals surface area contributed by atoms with Gasteiger partial charge in [0.05, 0.1) is 7.11 Å². The van der Waals surface area contributed by atoms with Gasteiger partial charge in [0.2, 0.25) is 5.28 Å². The fourth-order valence-electron chi connectivity index (χ4n) is 3.68.